The number of halogens is 1. The molecule has 1 rings (SSSR count). The van der Waals surface area contributed by atoms with E-state index >= 15 is 0 Å². The largest absolute Gasteiger partial charge is 0.342 e. The third kappa shape index (κ3) is 3.39. The van der Waals surface area contributed by atoms with Crippen LogP contribution in [0.2, 0.25) is 0 Å². The van der Waals surface area contributed by atoms with Crippen molar-refractivity contribution in [3.63, 3.8) is 0 Å². The molecule has 1 atom stereocenters. The Morgan fingerprint density at radius 1 is 1.28 bits per heavy atom. The van der Waals surface area contributed by atoms with Gasteiger partial charge in [-0.3, -0.25) is 9.59 Å². The van der Waals surface area contributed by atoms with E-state index in [-0.39, 0.29) is 17.3 Å². The van der Waals surface area contributed by atoms with Crippen LogP contribution in [0.25, 0.3) is 0 Å². The summed E-state index contributed by atoms with van der Waals surface area (Å²) in [5, 5.41) is 2.57. The zero-order chi connectivity index (χ0) is 13.9. The molecule has 1 aromatic carbocycles. The van der Waals surface area contributed by atoms with Crippen LogP contribution in [-0.4, -0.2) is 17.7 Å². The standard InChI is InChI=1S/C14H18FNO2/c1-8(2)13(10(4)17)16-14(18)11-7-9(3)5-6-12(11)15/h5-8,13H,1-4H3,(H,16,18)/t13-/m1/s1. The molecule has 0 saturated carbocycles. The second-order valence-corrected chi connectivity index (χ2v) is 4.79. The maximum absolute atomic E-state index is 13.5. The number of benzene rings is 1. The van der Waals surface area contributed by atoms with Gasteiger partial charge >= 0.3 is 0 Å². The third-order valence-electron chi connectivity index (χ3n) is 2.76. The normalized spacial score (nSPS) is 12.3. The van der Waals surface area contributed by atoms with Crippen molar-refractivity contribution in [3.05, 3.63) is 35.1 Å². The second kappa shape index (κ2) is 5.76. The summed E-state index contributed by atoms with van der Waals surface area (Å²) in [6.07, 6.45) is 0. The van der Waals surface area contributed by atoms with E-state index in [0.29, 0.717) is 0 Å². The minimum atomic E-state index is -0.586. The molecule has 4 heteroatoms. The van der Waals surface area contributed by atoms with E-state index in [9.17, 15) is 14.0 Å². The van der Waals surface area contributed by atoms with Gasteiger partial charge in [0.25, 0.3) is 5.91 Å². The van der Waals surface area contributed by atoms with Gasteiger partial charge in [-0.1, -0.05) is 25.5 Å². The van der Waals surface area contributed by atoms with E-state index in [1.807, 2.05) is 13.8 Å². The van der Waals surface area contributed by atoms with Crippen LogP contribution in [0.1, 0.15) is 36.7 Å². The van der Waals surface area contributed by atoms with E-state index in [4.69, 9.17) is 0 Å². The van der Waals surface area contributed by atoms with Crippen LogP contribution in [0.3, 0.4) is 0 Å². The van der Waals surface area contributed by atoms with Gasteiger partial charge < -0.3 is 5.32 Å². The van der Waals surface area contributed by atoms with Gasteiger partial charge in [-0.25, -0.2) is 4.39 Å². The third-order valence-corrected chi connectivity index (χ3v) is 2.76. The molecule has 0 bridgehead atoms. The monoisotopic (exact) mass is 251 g/mol. The predicted octanol–water partition coefficient (Wildman–Crippen LogP) is 2.48. The van der Waals surface area contributed by atoms with Crippen molar-refractivity contribution >= 4 is 11.7 Å². The number of carbonyl (C=O) groups is 2. The zero-order valence-corrected chi connectivity index (χ0v) is 11.1. The highest BCUT2D eigenvalue weighted by Gasteiger charge is 2.22. The molecule has 0 unspecified atom stereocenters. The SMILES string of the molecule is CC(=O)[C@H](NC(=O)c1cc(C)ccc1F)C(C)C. The van der Waals surface area contributed by atoms with Gasteiger partial charge in [0.05, 0.1) is 11.6 Å². The highest BCUT2D eigenvalue weighted by atomic mass is 19.1. The molecule has 98 valence electrons. The van der Waals surface area contributed by atoms with Gasteiger partial charge in [-0.2, -0.15) is 0 Å². The molecule has 0 saturated heterocycles. The molecule has 0 aliphatic heterocycles. The summed E-state index contributed by atoms with van der Waals surface area (Å²) in [7, 11) is 0. The lowest BCUT2D eigenvalue weighted by Crippen LogP contribution is -2.43. The zero-order valence-electron chi connectivity index (χ0n) is 11.1. The molecular formula is C14H18FNO2. The summed E-state index contributed by atoms with van der Waals surface area (Å²) in [6, 6.07) is 3.74. The molecule has 0 fully saturated rings. The van der Waals surface area contributed by atoms with Crippen molar-refractivity contribution in [1.82, 2.24) is 5.32 Å². The summed E-state index contributed by atoms with van der Waals surface area (Å²) >= 11 is 0. The first-order valence-corrected chi connectivity index (χ1v) is 5.90. The van der Waals surface area contributed by atoms with Crippen LogP contribution >= 0.6 is 0 Å². The number of rotatable bonds is 4. The molecule has 0 spiro atoms. The van der Waals surface area contributed by atoms with Crippen LogP contribution in [0.15, 0.2) is 18.2 Å². The quantitative estimate of drug-likeness (QED) is 0.893. The number of aryl methyl sites for hydroxylation is 1. The molecule has 0 aliphatic rings. The highest BCUT2D eigenvalue weighted by molar-refractivity contribution is 5.97. The topological polar surface area (TPSA) is 46.2 Å². The molecule has 3 nitrogen and oxygen atoms in total. The molecule has 18 heavy (non-hydrogen) atoms. The molecule has 1 N–H and O–H groups in total. The number of nitrogens with one attached hydrogen (secondary N) is 1. The average Bonchev–Trinajstić information content (AvgIpc) is 2.28. The smallest absolute Gasteiger partial charge is 0.254 e. The summed E-state index contributed by atoms with van der Waals surface area (Å²) in [4.78, 5) is 23.3. The van der Waals surface area contributed by atoms with E-state index in [1.54, 1.807) is 13.0 Å². The van der Waals surface area contributed by atoms with Gasteiger partial charge in [0.15, 0.2) is 5.78 Å². The van der Waals surface area contributed by atoms with Crippen molar-refractivity contribution in [3.8, 4) is 0 Å². The lowest BCUT2D eigenvalue weighted by Gasteiger charge is -2.19. The average molecular weight is 251 g/mol. The molecule has 1 aromatic rings. The van der Waals surface area contributed by atoms with Crippen LogP contribution in [-0.2, 0) is 4.79 Å². The Hall–Kier alpha value is -1.71. The summed E-state index contributed by atoms with van der Waals surface area (Å²) in [5.41, 5.74) is 0.771. The lowest BCUT2D eigenvalue weighted by atomic mass is 10.00. The molecular weight excluding hydrogens is 233 g/mol. The highest BCUT2D eigenvalue weighted by Crippen LogP contribution is 2.11. The maximum Gasteiger partial charge on any atom is 0.254 e. The summed E-state index contributed by atoms with van der Waals surface area (Å²) in [5.74, 6) is -1.29. The molecule has 1 amide bonds. The Balaban J connectivity index is 2.94. The number of hydrogen-bond donors (Lipinski definition) is 1. The van der Waals surface area contributed by atoms with Gasteiger partial charge in [0.1, 0.15) is 5.82 Å². The Morgan fingerprint density at radius 3 is 2.39 bits per heavy atom. The van der Waals surface area contributed by atoms with E-state index in [2.05, 4.69) is 5.32 Å². The summed E-state index contributed by atoms with van der Waals surface area (Å²) in [6.45, 7) is 6.86. The fourth-order valence-electron chi connectivity index (χ4n) is 1.77. The van der Waals surface area contributed by atoms with Crippen LogP contribution in [0.4, 0.5) is 4.39 Å². The molecule has 0 heterocycles. The first-order chi connectivity index (χ1) is 8.32. The van der Waals surface area contributed by atoms with Crippen molar-refractivity contribution in [2.45, 2.75) is 33.7 Å². The van der Waals surface area contributed by atoms with Crippen molar-refractivity contribution in [1.29, 1.82) is 0 Å². The van der Waals surface area contributed by atoms with E-state index in [0.717, 1.165) is 5.56 Å². The Kier molecular flexibility index (Phi) is 4.59. The first kappa shape index (κ1) is 14.4. The van der Waals surface area contributed by atoms with Gasteiger partial charge in [0.2, 0.25) is 0 Å². The molecule has 0 aromatic heterocycles. The second-order valence-electron chi connectivity index (χ2n) is 4.79. The first-order valence-electron chi connectivity index (χ1n) is 5.90. The van der Waals surface area contributed by atoms with Gasteiger partial charge in [-0.15, -0.1) is 0 Å². The van der Waals surface area contributed by atoms with Gasteiger partial charge in [0, 0.05) is 0 Å². The molecule has 0 radical (unpaired) electrons. The number of hydrogen-bond acceptors (Lipinski definition) is 2. The predicted molar refractivity (Wildman–Crippen MR) is 67.9 cm³/mol. The number of carbonyl (C=O) groups excluding carboxylic acids is 2. The van der Waals surface area contributed by atoms with Crippen LogP contribution in [0, 0.1) is 18.7 Å². The maximum atomic E-state index is 13.5. The number of amides is 1. The van der Waals surface area contributed by atoms with Crippen molar-refractivity contribution < 1.29 is 14.0 Å². The lowest BCUT2D eigenvalue weighted by molar-refractivity contribution is -0.119. The Morgan fingerprint density at radius 2 is 1.89 bits per heavy atom. The number of Topliss-reactive ketones (excluding diaryl/α,β-unsaturated/α-hetero) is 1. The molecule has 0 aliphatic carbocycles. The van der Waals surface area contributed by atoms with E-state index in [1.165, 1.54) is 19.1 Å². The fraction of sp³-hybridized carbons (Fsp3) is 0.429. The Bertz CT molecular complexity index is 469. The fourth-order valence-corrected chi connectivity index (χ4v) is 1.77. The number of ketones is 1. The summed E-state index contributed by atoms with van der Waals surface area (Å²) < 4.78 is 13.5. The minimum Gasteiger partial charge on any atom is -0.342 e. The van der Waals surface area contributed by atoms with Crippen molar-refractivity contribution in [2.24, 2.45) is 5.92 Å². The minimum absolute atomic E-state index is 0.0260. The van der Waals surface area contributed by atoms with Crippen molar-refractivity contribution in [2.75, 3.05) is 0 Å². The van der Waals surface area contributed by atoms with Gasteiger partial charge in [-0.05, 0) is 31.9 Å². The van der Waals surface area contributed by atoms with Crippen LogP contribution in [0.5, 0.6) is 0 Å². The van der Waals surface area contributed by atoms with Crippen LogP contribution < -0.4 is 5.32 Å². The van der Waals surface area contributed by atoms with E-state index < -0.39 is 17.8 Å². The Labute approximate surface area is 106 Å².